The van der Waals surface area contributed by atoms with Crippen molar-refractivity contribution in [2.24, 2.45) is 0 Å². The summed E-state index contributed by atoms with van der Waals surface area (Å²) in [5.41, 5.74) is 4.08. The van der Waals surface area contributed by atoms with Crippen molar-refractivity contribution in [2.75, 3.05) is 28.4 Å². The van der Waals surface area contributed by atoms with Gasteiger partial charge in [-0.25, -0.2) is 0 Å². The molecule has 3 rings (SSSR count). The van der Waals surface area contributed by atoms with E-state index in [-0.39, 0.29) is 12.2 Å². The topological polar surface area (TPSA) is 55.4 Å². The van der Waals surface area contributed by atoms with Crippen molar-refractivity contribution in [1.82, 2.24) is 0 Å². The molecule has 0 fully saturated rings. The maximum Gasteiger partial charge on any atom is 0.203 e. The second-order valence-electron chi connectivity index (χ2n) is 10.3. The Hall–Kier alpha value is -4.06. The molecular formula is C36H46O6. The zero-order chi connectivity index (χ0) is 30.5. The molecular weight excluding hydrogens is 528 g/mol. The van der Waals surface area contributed by atoms with Gasteiger partial charge in [-0.05, 0) is 73.2 Å². The largest absolute Gasteiger partial charge is 0.493 e. The summed E-state index contributed by atoms with van der Waals surface area (Å²) in [5, 5.41) is 0. The van der Waals surface area contributed by atoms with E-state index in [0.29, 0.717) is 34.5 Å². The van der Waals surface area contributed by atoms with Gasteiger partial charge in [0, 0.05) is 0 Å². The van der Waals surface area contributed by atoms with Crippen LogP contribution in [0.5, 0.6) is 34.5 Å². The first-order valence-electron chi connectivity index (χ1n) is 14.7. The van der Waals surface area contributed by atoms with Gasteiger partial charge in [-0.15, -0.1) is 0 Å². The average molecular weight is 575 g/mol. The first-order valence-corrected chi connectivity index (χ1v) is 14.7. The summed E-state index contributed by atoms with van der Waals surface area (Å²) in [5.74, 6) is 3.89. The van der Waals surface area contributed by atoms with Gasteiger partial charge in [-0.2, -0.15) is 0 Å². The molecule has 0 amide bonds. The normalized spacial score (nSPS) is 12.8. The van der Waals surface area contributed by atoms with E-state index in [1.165, 1.54) is 0 Å². The molecule has 0 bridgehead atoms. The average Bonchev–Trinajstić information content (AvgIpc) is 3.00. The van der Waals surface area contributed by atoms with Crippen LogP contribution in [-0.2, 0) is 0 Å². The van der Waals surface area contributed by atoms with Gasteiger partial charge < -0.3 is 28.4 Å². The van der Waals surface area contributed by atoms with Crippen LogP contribution in [0.4, 0.5) is 0 Å². The molecule has 0 saturated carbocycles. The molecule has 0 saturated heterocycles. The fourth-order valence-electron chi connectivity index (χ4n) is 4.66. The van der Waals surface area contributed by atoms with Gasteiger partial charge in [0.2, 0.25) is 11.5 Å². The van der Waals surface area contributed by atoms with E-state index in [1.54, 1.807) is 28.4 Å². The molecule has 2 atom stereocenters. The Morgan fingerprint density at radius 1 is 0.500 bits per heavy atom. The van der Waals surface area contributed by atoms with Crippen LogP contribution < -0.4 is 28.4 Å². The number of hydrogen-bond acceptors (Lipinski definition) is 6. The minimum atomic E-state index is 0.0727. The van der Waals surface area contributed by atoms with Crippen LogP contribution in [-0.4, -0.2) is 40.6 Å². The van der Waals surface area contributed by atoms with Gasteiger partial charge in [-0.3, -0.25) is 0 Å². The van der Waals surface area contributed by atoms with E-state index in [0.717, 1.165) is 47.9 Å². The Balaban J connectivity index is 1.75. The molecule has 0 aliphatic rings. The predicted octanol–water partition coefficient (Wildman–Crippen LogP) is 9.20. The Bertz CT molecular complexity index is 1170. The highest BCUT2D eigenvalue weighted by Gasteiger charge is 2.17. The third-order valence-electron chi connectivity index (χ3n) is 6.87. The van der Waals surface area contributed by atoms with Crippen LogP contribution in [0.2, 0.25) is 0 Å². The third-order valence-corrected chi connectivity index (χ3v) is 6.87. The zero-order valence-corrected chi connectivity index (χ0v) is 26.4. The van der Waals surface area contributed by atoms with E-state index >= 15 is 0 Å². The second-order valence-corrected chi connectivity index (χ2v) is 10.3. The zero-order valence-electron chi connectivity index (χ0n) is 26.4. The summed E-state index contributed by atoms with van der Waals surface area (Å²) in [4.78, 5) is 0. The lowest BCUT2D eigenvalue weighted by Crippen LogP contribution is -2.12. The predicted molar refractivity (Wildman–Crippen MR) is 173 cm³/mol. The van der Waals surface area contributed by atoms with Gasteiger partial charge in [0.05, 0.1) is 40.6 Å². The van der Waals surface area contributed by atoms with Gasteiger partial charge in [-0.1, -0.05) is 75.3 Å². The van der Waals surface area contributed by atoms with Gasteiger partial charge in [0.15, 0.2) is 23.0 Å². The number of methoxy groups -OCH3 is 4. The lowest BCUT2D eigenvalue weighted by molar-refractivity contribution is 0.191. The summed E-state index contributed by atoms with van der Waals surface area (Å²) in [6, 6.07) is 16.2. The second kappa shape index (κ2) is 16.4. The van der Waals surface area contributed by atoms with E-state index in [4.69, 9.17) is 28.4 Å². The first kappa shape index (κ1) is 32.5. The minimum Gasteiger partial charge on any atom is -0.493 e. The van der Waals surface area contributed by atoms with Crippen LogP contribution >= 0.6 is 0 Å². The highest BCUT2D eigenvalue weighted by molar-refractivity contribution is 5.75. The van der Waals surface area contributed by atoms with Crippen molar-refractivity contribution in [3.05, 3.63) is 70.8 Å². The molecule has 0 spiro atoms. The molecule has 0 heterocycles. The highest BCUT2D eigenvalue weighted by atomic mass is 16.5. The standard InChI is InChI=1S/C36H46O6/c1-9-11-25(3)41-35-31(37-5)21-29(22-32(35)38-6)19-17-27-13-15-28(16-14-27)18-20-30-23-33(39-7)36(34(24-30)40-8)42-26(4)12-10-2/h13-26H,9-12H2,1-8H3/b19-17+,20-18+. The molecule has 3 aromatic carbocycles. The van der Waals surface area contributed by atoms with Crippen molar-refractivity contribution in [3.63, 3.8) is 0 Å². The first-order chi connectivity index (χ1) is 20.3. The van der Waals surface area contributed by atoms with E-state index in [9.17, 15) is 0 Å². The van der Waals surface area contributed by atoms with Crippen molar-refractivity contribution >= 4 is 24.3 Å². The monoisotopic (exact) mass is 574 g/mol. The lowest BCUT2D eigenvalue weighted by atomic mass is 10.1. The Kier molecular flexibility index (Phi) is 12.7. The Morgan fingerprint density at radius 3 is 1.05 bits per heavy atom. The van der Waals surface area contributed by atoms with Crippen molar-refractivity contribution in [2.45, 2.75) is 65.6 Å². The summed E-state index contributed by atoms with van der Waals surface area (Å²) >= 11 is 0. The Morgan fingerprint density at radius 2 is 0.786 bits per heavy atom. The van der Waals surface area contributed by atoms with Crippen LogP contribution in [0.15, 0.2) is 48.5 Å². The van der Waals surface area contributed by atoms with Crippen molar-refractivity contribution in [3.8, 4) is 34.5 Å². The number of hydrogen-bond donors (Lipinski definition) is 0. The van der Waals surface area contributed by atoms with Gasteiger partial charge >= 0.3 is 0 Å². The molecule has 6 nitrogen and oxygen atoms in total. The summed E-state index contributed by atoms with van der Waals surface area (Å²) in [6.45, 7) is 8.40. The summed E-state index contributed by atoms with van der Waals surface area (Å²) in [6.07, 6.45) is 12.4. The van der Waals surface area contributed by atoms with Crippen LogP contribution in [0.1, 0.15) is 75.6 Å². The van der Waals surface area contributed by atoms with Crippen LogP contribution in [0.3, 0.4) is 0 Å². The number of ether oxygens (including phenoxy) is 6. The molecule has 226 valence electrons. The van der Waals surface area contributed by atoms with E-state index < -0.39 is 0 Å². The number of rotatable bonds is 16. The summed E-state index contributed by atoms with van der Waals surface area (Å²) < 4.78 is 34.8. The molecule has 2 unspecified atom stereocenters. The SMILES string of the molecule is CCCC(C)Oc1c(OC)cc(/C=C/c2ccc(/C=C/c3cc(OC)c(OC(C)CCC)c(OC)c3)cc2)cc1OC. The van der Waals surface area contributed by atoms with E-state index in [1.807, 2.05) is 36.4 Å². The molecule has 6 heteroatoms. The van der Waals surface area contributed by atoms with Crippen LogP contribution in [0.25, 0.3) is 24.3 Å². The highest BCUT2D eigenvalue weighted by Crippen LogP contribution is 2.41. The van der Waals surface area contributed by atoms with Crippen LogP contribution in [0, 0.1) is 0 Å². The molecule has 0 radical (unpaired) electrons. The Labute approximate surface area is 251 Å². The molecule has 3 aromatic rings. The maximum atomic E-state index is 6.14. The molecule has 0 aromatic heterocycles. The summed E-state index contributed by atoms with van der Waals surface area (Å²) in [7, 11) is 6.59. The number of benzene rings is 3. The fraction of sp³-hybridized carbons (Fsp3) is 0.389. The third kappa shape index (κ3) is 8.97. The quantitative estimate of drug-likeness (QED) is 0.159. The fourth-order valence-corrected chi connectivity index (χ4v) is 4.66. The van der Waals surface area contributed by atoms with E-state index in [2.05, 4.69) is 64.1 Å². The molecule has 0 N–H and O–H groups in total. The smallest absolute Gasteiger partial charge is 0.203 e. The lowest BCUT2D eigenvalue weighted by Gasteiger charge is -2.19. The van der Waals surface area contributed by atoms with Gasteiger partial charge in [0.25, 0.3) is 0 Å². The molecule has 0 aliphatic heterocycles. The van der Waals surface area contributed by atoms with Crippen molar-refractivity contribution in [1.29, 1.82) is 0 Å². The van der Waals surface area contributed by atoms with Crippen molar-refractivity contribution < 1.29 is 28.4 Å². The molecule has 0 aliphatic carbocycles. The molecule has 42 heavy (non-hydrogen) atoms. The minimum absolute atomic E-state index is 0.0727. The maximum absolute atomic E-state index is 6.14. The van der Waals surface area contributed by atoms with Gasteiger partial charge in [0.1, 0.15) is 0 Å².